The van der Waals surface area contributed by atoms with Crippen molar-refractivity contribution in [1.29, 1.82) is 0 Å². The summed E-state index contributed by atoms with van der Waals surface area (Å²) in [5, 5.41) is 3.56. The second-order valence-corrected chi connectivity index (χ2v) is 6.49. The number of piperidine rings is 1. The van der Waals surface area contributed by atoms with Crippen LogP contribution in [0.1, 0.15) is 53.4 Å². The summed E-state index contributed by atoms with van der Waals surface area (Å²) in [5.41, 5.74) is 0.408. The molecule has 1 fully saturated rings. The topological polar surface area (TPSA) is 15.3 Å². The summed E-state index contributed by atoms with van der Waals surface area (Å²) in [4.78, 5) is 2.69. The van der Waals surface area contributed by atoms with Gasteiger partial charge in [-0.15, -0.1) is 0 Å². The Labute approximate surface area is 108 Å². The molecule has 2 heteroatoms. The van der Waals surface area contributed by atoms with Crippen LogP contribution in [0.25, 0.3) is 0 Å². The fourth-order valence-corrected chi connectivity index (χ4v) is 2.89. The summed E-state index contributed by atoms with van der Waals surface area (Å²) in [6, 6.07) is 0. The number of nitrogens with zero attached hydrogens (tertiary/aromatic N) is 1. The van der Waals surface area contributed by atoms with E-state index >= 15 is 0 Å². The van der Waals surface area contributed by atoms with Crippen molar-refractivity contribution in [3.8, 4) is 0 Å². The zero-order chi connectivity index (χ0) is 12.7. The highest BCUT2D eigenvalue weighted by molar-refractivity contribution is 4.80. The zero-order valence-corrected chi connectivity index (χ0v) is 12.4. The molecule has 1 unspecified atom stereocenters. The van der Waals surface area contributed by atoms with Gasteiger partial charge in [0.05, 0.1) is 0 Å². The quantitative estimate of drug-likeness (QED) is 0.688. The highest BCUT2D eigenvalue weighted by Crippen LogP contribution is 2.23. The first-order chi connectivity index (χ1) is 8.07. The van der Waals surface area contributed by atoms with E-state index in [4.69, 9.17) is 0 Å². The van der Waals surface area contributed by atoms with Gasteiger partial charge < -0.3 is 10.2 Å². The van der Waals surface area contributed by atoms with Gasteiger partial charge in [0.25, 0.3) is 0 Å². The van der Waals surface area contributed by atoms with Crippen LogP contribution in [-0.4, -0.2) is 37.6 Å². The molecule has 1 heterocycles. The van der Waals surface area contributed by atoms with Gasteiger partial charge in [-0.25, -0.2) is 0 Å². The van der Waals surface area contributed by atoms with E-state index in [-0.39, 0.29) is 0 Å². The van der Waals surface area contributed by atoms with E-state index in [1.54, 1.807) is 0 Å². The van der Waals surface area contributed by atoms with Crippen LogP contribution >= 0.6 is 0 Å². The van der Waals surface area contributed by atoms with Crippen molar-refractivity contribution < 1.29 is 0 Å². The molecule has 0 radical (unpaired) electrons. The van der Waals surface area contributed by atoms with Crippen LogP contribution in [0.4, 0.5) is 0 Å². The Morgan fingerprint density at radius 3 is 2.71 bits per heavy atom. The van der Waals surface area contributed by atoms with Crippen LogP contribution in [0.3, 0.4) is 0 Å². The molecule has 1 aliphatic rings. The van der Waals surface area contributed by atoms with Crippen LogP contribution in [0, 0.1) is 11.3 Å². The lowest BCUT2D eigenvalue weighted by Crippen LogP contribution is -2.44. The van der Waals surface area contributed by atoms with E-state index < -0.39 is 0 Å². The van der Waals surface area contributed by atoms with E-state index in [1.165, 1.54) is 45.3 Å². The van der Waals surface area contributed by atoms with Gasteiger partial charge >= 0.3 is 0 Å². The summed E-state index contributed by atoms with van der Waals surface area (Å²) >= 11 is 0. The Bertz CT molecular complexity index is 201. The lowest BCUT2D eigenvalue weighted by Gasteiger charge is -2.38. The zero-order valence-electron chi connectivity index (χ0n) is 12.4. The number of hydrogen-bond acceptors (Lipinski definition) is 2. The second kappa shape index (κ2) is 7.38. The summed E-state index contributed by atoms with van der Waals surface area (Å²) in [5.74, 6) is 0.947. The summed E-state index contributed by atoms with van der Waals surface area (Å²) in [6.45, 7) is 15.5. The number of nitrogens with one attached hydrogen (secondary N) is 1. The lowest BCUT2D eigenvalue weighted by atomic mass is 9.89. The molecule has 0 aliphatic carbocycles. The molecule has 0 spiro atoms. The molecule has 102 valence electrons. The fourth-order valence-electron chi connectivity index (χ4n) is 2.89. The van der Waals surface area contributed by atoms with Gasteiger partial charge in [-0.3, -0.25) is 0 Å². The standard InChI is InChI=1S/C15H32N2/c1-5-9-16-12-15(3,4)13-17-10-7-8-14(6-2)11-17/h14,16H,5-13H2,1-4H3. The van der Waals surface area contributed by atoms with Gasteiger partial charge in [-0.1, -0.05) is 34.1 Å². The molecule has 1 aliphatic heterocycles. The van der Waals surface area contributed by atoms with Crippen LogP contribution in [0.15, 0.2) is 0 Å². The van der Waals surface area contributed by atoms with Crippen LogP contribution < -0.4 is 5.32 Å². The maximum atomic E-state index is 3.56. The van der Waals surface area contributed by atoms with E-state index in [2.05, 4.69) is 37.9 Å². The SMILES string of the molecule is CCCNCC(C)(C)CN1CCCC(CC)C1. The maximum absolute atomic E-state index is 3.56. The van der Waals surface area contributed by atoms with Crippen molar-refractivity contribution in [2.75, 3.05) is 32.7 Å². The minimum absolute atomic E-state index is 0.408. The Morgan fingerprint density at radius 2 is 2.06 bits per heavy atom. The van der Waals surface area contributed by atoms with E-state index in [9.17, 15) is 0 Å². The van der Waals surface area contributed by atoms with E-state index in [0.29, 0.717) is 5.41 Å². The molecule has 1 saturated heterocycles. The molecular weight excluding hydrogens is 208 g/mol. The molecule has 0 saturated carbocycles. The first-order valence-corrected chi connectivity index (χ1v) is 7.50. The largest absolute Gasteiger partial charge is 0.316 e. The molecule has 0 amide bonds. The molecule has 1 N–H and O–H groups in total. The first kappa shape index (κ1) is 15.0. The summed E-state index contributed by atoms with van der Waals surface area (Å²) < 4.78 is 0. The Hall–Kier alpha value is -0.0800. The van der Waals surface area contributed by atoms with Gasteiger partial charge in [-0.05, 0) is 43.7 Å². The summed E-state index contributed by atoms with van der Waals surface area (Å²) in [6.07, 6.45) is 5.43. The number of hydrogen-bond donors (Lipinski definition) is 1. The van der Waals surface area contributed by atoms with Gasteiger partial charge in [0, 0.05) is 19.6 Å². The van der Waals surface area contributed by atoms with Gasteiger partial charge in [0.15, 0.2) is 0 Å². The molecule has 17 heavy (non-hydrogen) atoms. The molecule has 0 aromatic carbocycles. The number of rotatable bonds is 7. The predicted octanol–water partition coefficient (Wildman–Crippen LogP) is 3.13. The van der Waals surface area contributed by atoms with Crippen molar-refractivity contribution >= 4 is 0 Å². The Kier molecular flexibility index (Phi) is 6.50. The minimum atomic E-state index is 0.408. The van der Waals surface area contributed by atoms with Gasteiger partial charge in [-0.2, -0.15) is 0 Å². The highest BCUT2D eigenvalue weighted by Gasteiger charge is 2.25. The maximum Gasteiger partial charge on any atom is 0.00449 e. The van der Waals surface area contributed by atoms with Crippen molar-refractivity contribution in [3.05, 3.63) is 0 Å². The van der Waals surface area contributed by atoms with E-state index in [1.807, 2.05) is 0 Å². The average Bonchev–Trinajstić information content (AvgIpc) is 2.29. The van der Waals surface area contributed by atoms with Crippen molar-refractivity contribution in [2.45, 2.75) is 53.4 Å². The van der Waals surface area contributed by atoms with Crippen molar-refractivity contribution in [3.63, 3.8) is 0 Å². The van der Waals surface area contributed by atoms with Gasteiger partial charge in [0.2, 0.25) is 0 Å². The number of likely N-dealkylation sites (tertiary alicyclic amines) is 1. The minimum Gasteiger partial charge on any atom is -0.316 e. The van der Waals surface area contributed by atoms with Crippen molar-refractivity contribution in [1.82, 2.24) is 10.2 Å². The molecule has 2 nitrogen and oxygen atoms in total. The summed E-state index contributed by atoms with van der Waals surface area (Å²) in [7, 11) is 0. The highest BCUT2D eigenvalue weighted by atomic mass is 15.1. The fraction of sp³-hybridized carbons (Fsp3) is 1.00. The molecule has 0 bridgehead atoms. The molecule has 0 aromatic rings. The molecule has 1 atom stereocenters. The third-order valence-corrected chi connectivity index (χ3v) is 3.86. The van der Waals surface area contributed by atoms with Gasteiger partial charge in [0.1, 0.15) is 0 Å². The second-order valence-electron chi connectivity index (χ2n) is 6.49. The third kappa shape index (κ3) is 5.87. The normalized spacial score (nSPS) is 22.9. The van der Waals surface area contributed by atoms with E-state index in [0.717, 1.165) is 19.0 Å². The average molecular weight is 240 g/mol. The lowest BCUT2D eigenvalue weighted by molar-refractivity contribution is 0.118. The predicted molar refractivity (Wildman–Crippen MR) is 76.4 cm³/mol. The monoisotopic (exact) mass is 240 g/mol. The van der Waals surface area contributed by atoms with Crippen LogP contribution in [0.5, 0.6) is 0 Å². The molecular formula is C15H32N2. The first-order valence-electron chi connectivity index (χ1n) is 7.50. The molecule has 0 aromatic heterocycles. The van der Waals surface area contributed by atoms with Crippen molar-refractivity contribution in [2.24, 2.45) is 11.3 Å². The Balaban J connectivity index is 2.30. The molecule has 1 rings (SSSR count). The Morgan fingerprint density at radius 1 is 1.29 bits per heavy atom. The third-order valence-electron chi connectivity index (χ3n) is 3.86. The van der Waals surface area contributed by atoms with Crippen LogP contribution in [0.2, 0.25) is 0 Å². The smallest absolute Gasteiger partial charge is 0.00449 e. The van der Waals surface area contributed by atoms with Crippen LogP contribution in [-0.2, 0) is 0 Å².